The number of nitrogens with one attached hydrogen (secondary N) is 2. The SMILES string of the molecule is Cc1cccc(CNc2cc(C)nc(NCCc3ccccc3)n2)c1. The van der Waals surface area contributed by atoms with Crippen molar-refractivity contribution >= 4 is 11.8 Å². The zero-order valence-corrected chi connectivity index (χ0v) is 14.8. The first-order valence-electron chi connectivity index (χ1n) is 8.62. The highest BCUT2D eigenvalue weighted by molar-refractivity contribution is 5.43. The number of benzene rings is 2. The molecule has 0 aliphatic rings. The van der Waals surface area contributed by atoms with Gasteiger partial charge in [-0.05, 0) is 31.4 Å². The van der Waals surface area contributed by atoms with E-state index in [2.05, 4.69) is 76.1 Å². The third kappa shape index (κ3) is 5.31. The molecule has 0 bridgehead atoms. The molecule has 25 heavy (non-hydrogen) atoms. The maximum Gasteiger partial charge on any atom is 0.224 e. The van der Waals surface area contributed by atoms with Crippen molar-refractivity contribution < 1.29 is 0 Å². The van der Waals surface area contributed by atoms with Crippen molar-refractivity contribution in [3.63, 3.8) is 0 Å². The molecule has 0 atom stereocenters. The Labute approximate surface area is 149 Å². The van der Waals surface area contributed by atoms with Gasteiger partial charge >= 0.3 is 0 Å². The van der Waals surface area contributed by atoms with Crippen LogP contribution in [0.25, 0.3) is 0 Å². The molecule has 0 fully saturated rings. The minimum absolute atomic E-state index is 0.669. The number of hydrogen-bond donors (Lipinski definition) is 2. The fourth-order valence-corrected chi connectivity index (χ4v) is 2.72. The second kappa shape index (κ2) is 8.29. The Kier molecular flexibility index (Phi) is 5.62. The summed E-state index contributed by atoms with van der Waals surface area (Å²) in [5, 5.41) is 6.71. The zero-order chi connectivity index (χ0) is 17.5. The molecule has 0 saturated heterocycles. The van der Waals surface area contributed by atoms with Gasteiger partial charge in [0.1, 0.15) is 5.82 Å². The standard InChI is InChI=1S/C21H24N4/c1-16-7-6-10-19(13-16)15-23-20-14-17(2)24-21(25-20)22-12-11-18-8-4-3-5-9-18/h3-10,13-14H,11-12,15H2,1-2H3,(H2,22,23,24,25). The average Bonchev–Trinajstić information content (AvgIpc) is 2.61. The normalized spacial score (nSPS) is 10.5. The molecule has 0 aliphatic heterocycles. The maximum atomic E-state index is 4.57. The summed E-state index contributed by atoms with van der Waals surface area (Å²) in [6.45, 7) is 5.65. The van der Waals surface area contributed by atoms with Gasteiger partial charge in [-0.25, -0.2) is 4.98 Å². The molecule has 0 spiro atoms. The molecule has 0 aliphatic carbocycles. The van der Waals surface area contributed by atoms with Crippen molar-refractivity contribution in [2.24, 2.45) is 0 Å². The van der Waals surface area contributed by atoms with Crippen molar-refractivity contribution in [2.75, 3.05) is 17.2 Å². The summed E-state index contributed by atoms with van der Waals surface area (Å²) < 4.78 is 0. The highest BCUT2D eigenvalue weighted by Gasteiger charge is 2.03. The van der Waals surface area contributed by atoms with Gasteiger partial charge in [0.15, 0.2) is 0 Å². The summed E-state index contributed by atoms with van der Waals surface area (Å²) in [6.07, 6.45) is 0.949. The molecule has 0 unspecified atom stereocenters. The molecule has 0 amide bonds. The van der Waals surface area contributed by atoms with Gasteiger partial charge in [-0.2, -0.15) is 4.98 Å². The molecule has 4 heteroatoms. The Morgan fingerprint density at radius 3 is 2.40 bits per heavy atom. The first-order valence-corrected chi connectivity index (χ1v) is 8.62. The lowest BCUT2D eigenvalue weighted by Crippen LogP contribution is -2.10. The topological polar surface area (TPSA) is 49.8 Å². The van der Waals surface area contributed by atoms with Gasteiger partial charge in [0.25, 0.3) is 0 Å². The molecule has 1 heterocycles. The van der Waals surface area contributed by atoms with E-state index in [0.717, 1.165) is 31.0 Å². The maximum absolute atomic E-state index is 4.57. The van der Waals surface area contributed by atoms with Crippen LogP contribution in [-0.4, -0.2) is 16.5 Å². The average molecular weight is 332 g/mol. The molecule has 1 aromatic heterocycles. The first-order chi connectivity index (χ1) is 12.2. The second-order valence-electron chi connectivity index (χ2n) is 6.22. The van der Waals surface area contributed by atoms with Gasteiger partial charge in [-0.15, -0.1) is 0 Å². The summed E-state index contributed by atoms with van der Waals surface area (Å²) >= 11 is 0. The van der Waals surface area contributed by atoms with Gasteiger partial charge in [-0.1, -0.05) is 60.2 Å². The number of aromatic nitrogens is 2. The van der Waals surface area contributed by atoms with Crippen molar-refractivity contribution in [3.8, 4) is 0 Å². The minimum Gasteiger partial charge on any atom is -0.366 e. The summed E-state index contributed by atoms with van der Waals surface area (Å²) in [4.78, 5) is 9.04. The molecule has 0 saturated carbocycles. The van der Waals surface area contributed by atoms with Crippen LogP contribution in [0.3, 0.4) is 0 Å². The Morgan fingerprint density at radius 2 is 1.60 bits per heavy atom. The molecule has 128 valence electrons. The Bertz CT molecular complexity index is 815. The molecule has 3 aromatic rings. The van der Waals surface area contributed by atoms with E-state index < -0.39 is 0 Å². The lowest BCUT2D eigenvalue weighted by molar-refractivity contribution is 0.969. The van der Waals surface area contributed by atoms with Gasteiger partial charge in [-0.3, -0.25) is 0 Å². The number of nitrogens with zero attached hydrogens (tertiary/aromatic N) is 2. The second-order valence-corrected chi connectivity index (χ2v) is 6.22. The molecular weight excluding hydrogens is 308 g/mol. The minimum atomic E-state index is 0.669. The predicted molar refractivity (Wildman–Crippen MR) is 104 cm³/mol. The molecule has 0 radical (unpaired) electrons. The fraction of sp³-hybridized carbons (Fsp3) is 0.238. The lowest BCUT2D eigenvalue weighted by atomic mass is 10.1. The summed E-state index contributed by atoms with van der Waals surface area (Å²) in [5.41, 5.74) is 4.76. The van der Waals surface area contributed by atoms with Crippen molar-refractivity contribution in [2.45, 2.75) is 26.8 Å². The van der Waals surface area contributed by atoms with E-state index in [1.54, 1.807) is 0 Å². The van der Waals surface area contributed by atoms with Gasteiger partial charge < -0.3 is 10.6 Å². The smallest absolute Gasteiger partial charge is 0.224 e. The molecule has 3 rings (SSSR count). The zero-order valence-electron chi connectivity index (χ0n) is 14.8. The molecule has 4 nitrogen and oxygen atoms in total. The van der Waals surface area contributed by atoms with Gasteiger partial charge in [0.05, 0.1) is 0 Å². The third-order valence-corrected chi connectivity index (χ3v) is 3.95. The monoisotopic (exact) mass is 332 g/mol. The Morgan fingerprint density at radius 1 is 0.800 bits per heavy atom. The van der Waals surface area contributed by atoms with E-state index in [1.807, 2.05) is 19.1 Å². The van der Waals surface area contributed by atoms with E-state index in [0.29, 0.717) is 5.95 Å². The van der Waals surface area contributed by atoms with Crippen LogP contribution < -0.4 is 10.6 Å². The summed E-state index contributed by atoms with van der Waals surface area (Å²) in [5.74, 6) is 1.51. The first kappa shape index (κ1) is 17.0. The number of hydrogen-bond acceptors (Lipinski definition) is 4. The van der Waals surface area contributed by atoms with Crippen molar-refractivity contribution in [3.05, 3.63) is 83.0 Å². The summed E-state index contributed by atoms with van der Waals surface area (Å²) in [7, 11) is 0. The number of rotatable bonds is 7. The van der Waals surface area contributed by atoms with Crippen LogP contribution >= 0.6 is 0 Å². The van der Waals surface area contributed by atoms with E-state index in [4.69, 9.17) is 0 Å². The van der Waals surface area contributed by atoms with Crippen LogP contribution in [0.15, 0.2) is 60.7 Å². The summed E-state index contributed by atoms with van der Waals surface area (Å²) in [6, 6.07) is 20.9. The predicted octanol–water partition coefficient (Wildman–Crippen LogP) is 4.36. The van der Waals surface area contributed by atoms with Crippen molar-refractivity contribution in [1.82, 2.24) is 9.97 Å². The van der Waals surface area contributed by atoms with Crippen LogP contribution in [0.1, 0.15) is 22.4 Å². The van der Waals surface area contributed by atoms with E-state index >= 15 is 0 Å². The third-order valence-electron chi connectivity index (χ3n) is 3.95. The fourth-order valence-electron chi connectivity index (χ4n) is 2.72. The molecule has 2 aromatic carbocycles. The number of anilines is 2. The van der Waals surface area contributed by atoms with Gasteiger partial charge in [0.2, 0.25) is 5.95 Å². The van der Waals surface area contributed by atoms with E-state index in [-0.39, 0.29) is 0 Å². The molecule has 2 N–H and O–H groups in total. The van der Waals surface area contributed by atoms with Crippen LogP contribution in [0.5, 0.6) is 0 Å². The quantitative estimate of drug-likeness (QED) is 0.675. The highest BCUT2D eigenvalue weighted by atomic mass is 15.1. The highest BCUT2D eigenvalue weighted by Crippen LogP contribution is 2.12. The van der Waals surface area contributed by atoms with Crippen LogP contribution in [0.4, 0.5) is 11.8 Å². The van der Waals surface area contributed by atoms with Crippen LogP contribution in [-0.2, 0) is 13.0 Å². The Balaban J connectivity index is 1.58. The van der Waals surface area contributed by atoms with E-state index in [9.17, 15) is 0 Å². The Hall–Kier alpha value is -2.88. The largest absolute Gasteiger partial charge is 0.366 e. The van der Waals surface area contributed by atoms with Crippen molar-refractivity contribution in [1.29, 1.82) is 0 Å². The van der Waals surface area contributed by atoms with Gasteiger partial charge in [0, 0.05) is 24.8 Å². The van der Waals surface area contributed by atoms with Crippen LogP contribution in [0.2, 0.25) is 0 Å². The molecular formula is C21H24N4. The lowest BCUT2D eigenvalue weighted by Gasteiger charge is -2.10. The van der Waals surface area contributed by atoms with E-state index in [1.165, 1.54) is 16.7 Å². The number of aryl methyl sites for hydroxylation is 2. The van der Waals surface area contributed by atoms with Crippen LogP contribution in [0, 0.1) is 13.8 Å².